The zero-order chi connectivity index (χ0) is 24.9. The lowest BCUT2D eigenvalue weighted by atomic mass is 10.0. The SMILES string of the molecule is CC(C)[C@H](C)N(Cc1cc(NC(=O)c2cccc(F)c2)ccc1N(C)C)C(=O)NC(C)(C)C. The lowest BCUT2D eigenvalue weighted by Crippen LogP contribution is -2.52. The summed E-state index contributed by atoms with van der Waals surface area (Å²) < 4.78 is 13.5. The second-order valence-corrected chi connectivity index (χ2v) is 10.00. The summed E-state index contributed by atoms with van der Waals surface area (Å²) >= 11 is 0. The first kappa shape index (κ1) is 26.2. The normalized spacial score (nSPS) is 12.3. The number of urea groups is 1. The smallest absolute Gasteiger partial charge is 0.318 e. The lowest BCUT2D eigenvalue weighted by molar-refractivity contribution is 0.102. The van der Waals surface area contributed by atoms with Crippen molar-refractivity contribution in [2.45, 2.75) is 59.7 Å². The third kappa shape index (κ3) is 7.48. The molecule has 33 heavy (non-hydrogen) atoms. The predicted molar refractivity (Wildman–Crippen MR) is 133 cm³/mol. The van der Waals surface area contributed by atoms with Gasteiger partial charge < -0.3 is 20.4 Å². The van der Waals surface area contributed by atoms with Crippen molar-refractivity contribution in [3.8, 4) is 0 Å². The first-order valence-electron chi connectivity index (χ1n) is 11.2. The first-order chi connectivity index (χ1) is 15.3. The van der Waals surface area contributed by atoms with Crippen LogP contribution in [-0.4, -0.2) is 42.5 Å². The van der Waals surface area contributed by atoms with Crippen LogP contribution in [-0.2, 0) is 6.54 Å². The zero-order valence-electron chi connectivity index (χ0n) is 21.0. The maximum atomic E-state index is 13.5. The van der Waals surface area contributed by atoms with E-state index in [0.29, 0.717) is 12.2 Å². The van der Waals surface area contributed by atoms with Gasteiger partial charge in [-0.05, 0) is 75.6 Å². The molecule has 0 aromatic heterocycles. The number of carbonyl (C=O) groups is 2. The van der Waals surface area contributed by atoms with Crippen molar-refractivity contribution in [3.63, 3.8) is 0 Å². The largest absolute Gasteiger partial charge is 0.377 e. The Bertz CT molecular complexity index is 982. The van der Waals surface area contributed by atoms with Crippen LogP contribution in [0.1, 0.15) is 57.5 Å². The minimum atomic E-state index is -0.463. The van der Waals surface area contributed by atoms with Gasteiger partial charge in [0.15, 0.2) is 0 Å². The van der Waals surface area contributed by atoms with Gasteiger partial charge in [-0.1, -0.05) is 19.9 Å². The number of nitrogens with zero attached hydrogens (tertiary/aromatic N) is 2. The Morgan fingerprint density at radius 1 is 1.03 bits per heavy atom. The second kappa shape index (κ2) is 10.7. The van der Waals surface area contributed by atoms with Crippen LogP contribution in [0.25, 0.3) is 0 Å². The van der Waals surface area contributed by atoms with Gasteiger partial charge in [0.05, 0.1) is 0 Å². The van der Waals surface area contributed by atoms with Crippen molar-refractivity contribution in [2.24, 2.45) is 5.92 Å². The molecule has 0 fully saturated rings. The van der Waals surface area contributed by atoms with Crippen LogP contribution in [0.2, 0.25) is 0 Å². The summed E-state index contributed by atoms with van der Waals surface area (Å²) in [5.41, 5.74) is 2.31. The van der Waals surface area contributed by atoms with E-state index in [1.54, 1.807) is 6.07 Å². The third-order valence-electron chi connectivity index (χ3n) is 5.45. The average molecular weight is 457 g/mol. The standard InChI is InChI=1S/C26H37FN4O2/c1-17(2)18(3)31(25(33)29-26(4,5)6)16-20-15-22(12-13-23(20)30(7)8)28-24(32)19-10-9-11-21(27)14-19/h9-15,17-18H,16H2,1-8H3,(H,28,32)(H,29,33)/t18-/m0/s1. The number of benzene rings is 2. The first-order valence-corrected chi connectivity index (χ1v) is 11.2. The monoisotopic (exact) mass is 456 g/mol. The van der Waals surface area contributed by atoms with Crippen molar-refractivity contribution in [3.05, 3.63) is 59.4 Å². The van der Waals surface area contributed by atoms with Crippen LogP contribution in [0.3, 0.4) is 0 Å². The molecular formula is C26H37FN4O2. The van der Waals surface area contributed by atoms with E-state index >= 15 is 0 Å². The number of hydrogen-bond acceptors (Lipinski definition) is 3. The van der Waals surface area contributed by atoms with E-state index in [2.05, 4.69) is 24.5 Å². The van der Waals surface area contributed by atoms with E-state index in [0.717, 1.165) is 11.3 Å². The fourth-order valence-electron chi connectivity index (χ4n) is 3.40. The summed E-state index contributed by atoms with van der Waals surface area (Å²) in [6, 6.07) is 11.0. The molecule has 2 rings (SSSR count). The molecule has 0 saturated heterocycles. The number of rotatable bonds is 7. The van der Waals surface area contributed by atoms with E-state index in [1.165, 1.54) is 18.2 Å². The molecule has 0 bridgehead atoms. The van der Waals surface area contributed by atoms with Gasteiger partial charge in [-0.25, -0.2) is 9.18 Å². The van der Waals surface area contributed by atoms with Crippen molar-refractivity contribution < 1.29 is 14.0 Å². The molecule has 0 aliphatic rings. The molecule has 0 unspecified atom stereocenters. The number of carbonyl (C=O) groups excluding carboxylic acids is 2. The van der Waals surface area contributed by atoms with E-state index in [4.69, 9.17) is 0 Å². The Hall–Kier alpha value is -3.09. The van der Waals surface area contributed by atoms with E-state index in [9.17, 15) is 14.0 Å². The molecule has 2 aromatic carbocycles. The van der Waals surface area contributed by atoms with E-state index in [-0.39, 0.29) is 29.1 Å². The van der Waals surface area contributed by atoms with E-state index in [1.807, 2.05) is 69.8 Å². The number of hydrogen-bond donors (Lipinski definition) is 2. The molecule has 6 nitrogen and oxygen atoms in total. The van der Waals surface area contributed by atoms with Gasteiger partial charge in [0, 0.05) is 49.2 Å². The van der Waals surface area contributed by atoms with Gasteiger partial charge in [-0.2, -0.15) is 0 Å². The maximum absolute atomic E-state index is 13.5. The molecule has 1 atom stereocenters. The van der Waals surface area contributed by atoms with Crippen molar-refractivity contribution in [1.82, 2.24) is 10.2 Å². The summed E-state index contributed by atoms with van der Waals surface area (Å²) in [7, 11) is 3.88. The molecule has 2 aromatic rings. The summed E-state index contributed by atoms with van der Waals surface area (Å²) in [5, 5.41) is 5.91. The molecule has 0 spiro atoms. The maximum Gasteiger partial charge on any atom is 0.318 e. The molecule has 0 aliphatic carbocycles. The van der Waals surface area contributed by atoms with Crippen molar-refractivity contribution in [2.75, 3.05) is 24.3 Å². The van der Waals surface area contributed by atoms with Crippen LogP contribution >= 0.6 is 0 Å². The quantitative estimate of drug-likeness (QED) is 0.578. The van der Waals surface area contributed by atoms with Crippen molar-refractivity contribution in [1.29, 1.82) is 0 Å². The average Bonchev–Trinajstić information content (AvgIpc) is 2.70. The van der Waals surface area contributed by atoms with Gasteiger partial charge in [0.2, 0.25) is 0 Å². The highest BCUT2D eigenvalue weighted by Crippen LogP contribution is 2.27. The zero-order valence-corrected chi connectivity index (χ0v) is 21.0. The predicted octanol–water partition coefficient (Wildman–Crippen LogP) is 5.50. The molecule has 3 amide bonds. The number of halogens is 1. The summed E-state index contributed by atoms with van der Waals surface area (Å²) in [5.74, 6) is -0.597. The van der Waals surface area contributed by atoms with Crippen LogP contribution in [0.15, 0.2) is 42.5 Å². The Labute approximate surface area is 197 Å². The molecule has 2 N–H and O–H groups in total. The van der Waals surface area contributed by atoms with Crippen LogP contribution in [0.4, 0.5) is 20.6 Å². The Morgan fingerprint density at radius 2 is 1.70 bits per heavy atom. The summed E-state index contributed by atoms with van der Waals surface area (Å²) in [6.45, 7) is 12.5. The highest BCUT2D eigenvalue weighted by Gasteiger charge is 2.27. The summed E-state index contributed by atoms with van der Waals surface area (Å²) in [4.78, 5) is 29.6. The highest BCUT2D eigenvalue weighted by atomic mass is 19.1. The minimum Gasteiger partial charge on any atom is -0.377 e. The Morgan fingerprint density at radius 3 is 2.24 bits per heavy atom. The Kier molecular flexibility index (Phi) is 8.47. The Balaban J connectivity index is 2.38. The van der Waals surface area contributed by atoms with Gasteiger partial charge in [-0.15, -0.1) is 0 Å². The van der Waals surface area contributed by atoms with Crippen LogP contribution in [0.5, 0.6) is 0 Å². The lowest BCUT2D eigenvalue weighted by Gasteiger charge is -2.35. The fraction of sp³-hybridized carbons (Fsp3) is 0.462. The molecule has 0 heterocycles. The molecular weight excluding hydrogens is 419 g/mol. The fourth-order valence-corrected chi connectivity index (χ4v) is 3.40. The molecule has 0 radical (unpaired) electrons. The highest BCUT2D eigenvalue weighted by molar-refractivity contribution is 6.04. The van der Waals surface area contributed by atoms with Gasteiger partial charge in [-0.3, -0.25) is 4.79 Å². The van der Waals surface area contributed by atoms with E-state index < -0.39 is 11.7 Å². The van der Waals surface area contributed by atoms with Gasteiger partial charge in [0.25, 0.3) is 5.91 Å². The topological polar surface area (TPSA) is 64.7 Å². The van der Waals surface area contributed by atoms with Crippen molar-refractivity contribution >= 4 is 23.3 Å². The second-order valence-electron chi connectivity index (χ2n) is 10.00. The number of nitrogens with one attached hydrogen (secondary N) is 2. The molecule has 180 valence electrons. The minimum absolute atomic E-state index is 0.00657. The molecule has 7 heteroatoms. The van der Waals surface area contributed by atoms with Crippen LogP contribution < -0.4 is 15.5 Å². The number of amides is 3. The van der Waals surface area contributed by atoms with Crippen LogP contribution in [0, 0.1) is 11.7 Å². The third-order valence-corrected chi connectivity index (χ3v) is 5.45. The summed E-state index contributed by atoms with van der Waals surface area (Å²) in [6.07, 6.45) is 0. The molecule has 0 aliphatic heterocycles. The van der Waals surface area contributed by atoms with Gasteiger partial charge in [0.1, 0.15) is 5.82 Å². The molecule has 0 saturated carbocycles. The number of anilines is 2. The van der Waals surface area contributed by atoms with Gasteiger partial charge >= 0.3 is 6.03 Å².